The molecule has 110 valence electrons. The zero-order valence-corrected chi connectivity index (χ0v) is 12.5. The van der Waals surface area contributed by atoms with Crippen molar-refractivity contribution in [3.63, 3.8) is 0 Å². The number of morpholine rings is 1. The van der Waals surface area contributed by atoms with Crippen LogP contribution in [0.2, 0.25) is 0 Å². The Bertz CT molecular complexity index is 309. The van der Waals surface area contributed by atoms with Crippen LogP contribution in [0.3, 0.4) is 0 Å². The molecule has 2 aliphatic rings. The van der Waals surface area contributed by atoms with E-state index in [1.165, 1.54) is 0 Å². The molecule has 5 nitrogen and oxygen atoms in total. The molecule has 0 radical (unpaired) electrons. The fourth-order valence-corrected chi connectivity index (χ4v) is 3.08. The molecule has 2 heterocycles. The maximum Gasteiger partial charge on any atom is 0.219 e. The Labute approximate surface area is 116 Å². The Hall–Kier alpha value is -0.650. The first-order chi connectivity index (χ1) is 9.08. The van der Waals surface area contributed by atoms with Gasteiger partial charge in [-0.3, -0.25) is 9.69 Å². The summed E-state index contributed by atoms with van der Waals surface area (Å²) >= 11 is 0. The predicted octanol–water partition coefficient (Wildman–Crippen LogP) is 0.260. The van der Waals surface area contributed by atoms with E-state index in [9.17, 15) is 4.79 Å². The monoisotopic (exact) mass is 269 g/mol. The zero-order chi connectivity index (χ0) is 13.8. The van der Waals surface area contributed by atoms with Crippen molar-refractivity contribution in [1.29, 1.82) is 0 Å². The Morgan fingerprint density at radius 2 is 2.00 bits per heavy atom. The third-order valence-electron chi connectivity index (χ3n) is 4.27. The number of hydrogen-bond donors (Lipinski definition) is 0. The van der Waals surface area contributed by atoms with Crippen molar-refractivity contribution in [2.24, 2.45) is 0 Å². The minimum atomic E-state index is 0.193. The molecule has 19 heavy (non-hydrogen) atoms. The number of nitrogens with zero attached hydrogens (tertiary/aromatic N) is 3. The molecule has 0 aromatic carbocycles. The molecule has 0 bridgehead atoms. The highest BCUT2D eigenvalue weighted by atomic mass is 16.5. The first-order valence-corrected chi connectivity index (χ1v) is 7.34. The molecule has 0 saturated carbocycles. The molecule has 1 amide bonds. The van der Waals surface area contributed by atoms with Gasteiger partial charge in [-0.15, -0.1) is 0 Å². The molecule has 2 rings (SSSR count). The van der Waals surface area contributed by atoms with Crippen LogP contribution in [-0.2, 0) is 9.53 Å². The quantitative estimate of drug-likeness (QED) is 0.736. The zero-order valence-electron chi connectivity index (χ0n) is 12.5. The number of ether oxygens (including phenoxy) is 1. The van der Waals surface area contributed by atoms with Crippen molar-refractivity contribution in [3.05, 3.63) is 0 Å². The number of carbonyl (C=O) groups excluding carboxylic acids is 1. The SMILES string of the molecule is CC(=O)N1CCC2OCCN(CCN(C)C)C2CC1. The van der Waals surface area contributed by atoms with Crippen molar-refractivity contribution >= 4 is 5.91 Å². The van der Waals surface area contributed by atoms with E-state index in [0.717, 1.165) is 52.2 Å². The van der Waals surface area contributed by atoms with Crippen molar-refractivity contribution in [2.45, 2.75) is 31.9 Å². The molecule has 2 unspecified atom stereocenters. The summed E-state index contributed by atoms with van der Waals surface area (Å²) in [5.74, 6) is 0.193. The molecule has 2 atom stereocenters. The standard InChI is InChI=1S/C14H27N3O2/c1-12(18)16-6-4-13-14(5-7-16)19-11-10-17(13)9-8-15(2)3/h13-14H,4-11H2,1-3H3. The second kappa shape index (κ2) is 6.68. The van der Waals surface area contributed by atoms with Gasteiger partial charge >= 0.3 is 0 Å². The van der Waals surface area contributed by atoms with Crippen molar-refractivity contribution in [2.75, 3.05) is 53.4 Å². The normalized spacial score (nSPS) is 29.2. The first kappa shape index (κ1) is 14.8. The average molecular weight is 269 g/mol. The molecular weight excluding hydrogens is 242 g/mol. The largest absolute Gasteiger partial charge is 0.375 e. The lowest BCUT2D eigenvalue weighted by atomic mass is 10.0. The summed E-state index contributed by atoms with van der Waals surface area (Å²) in [6.07, 6.45) is 2.32. The first-order valence-electron chi connectivity index (χ1n) is 7.34. The lowest BCUT2D eigenvalue weighted by Crippen LogP contribution is -2.52. The van der Waals surface area contributed by atoms with Gasteiger partial charge in [-0.25, -0.2) is 0 Å². The number of likely N-dealkylation sites (N-methyl/N-ethyl adjacent to an activating group) is 1. The smallest absolute Gasteiger partial charge is 0.219 e. The number of likely N-dealkylation sites (tertiary alicyclic amines) is 1. The molecular formula is C14H27N3O2. The molecule has 2 saturated heterocycles. The van der Waals surface area contributed by atoms with Crippen LogP contribution >= 0.6 is 0 Å². The number of amides is 1. The van der Waals surface area contributed by atoms with Crippen LogP contribution in [0.5, 0.6) is 0 Å². The van der Waals surface area contributed by atoms with Crippen LogP contribution in [0.4, 0.5) is 0 Å². The minimum Gasteiger partial charge on any atom is -0.375 e. The number of fused-ring (bicyclic) bond motifs is 1. The Morgan fingerprint density at radius 3 is 2.68 bits per heavy atom. The van der Waals surface area contributed by atoms with Gasteiger partial charge in [-0.05, 0) is 26.9 Å². The van der Waals surface area contributed by atoms with Crippen LogP contribution in [0.25, 0.3) is 0 Å². The summed E-state index contributed by atoms with van der Waals surface area (Å²) in [6, 6.07) is 0.484. The Kier molecular flexibility index (Phi) is 5.19. The summed E-state index contributed by atoms with van der Waals surface area (Å²) in [4.78, 5) is 18.3. The summed E-state index contributed by atoms with van der Waals surface area (Å²) in [5.41, 5.74) is 0. The molecule has 0 aromatic rings. The minimum absolute atomic E-state index is 0.193. The van der Waals surface area contributed by atoms with Gasteiger partial charge in [-0.2, -0.15) is 0 Å². The third-order valence-corrected chi connectivity index (χ3v) is 4.27. The van der Waals surface area contributed by atoms with E-state index in [1.54, 1.807) is 6.92 Å². The molecule has 0 aromatic heterocycles. The number of carbonyl (C=O) groups is 1. The molecule has 5 heteroatoms. The van der Waals surface area contributed by atoms with Gasteiger partial charge in [0, 0.05) is 45.7 Å². The van der Waals surface area contributed by atoms with E-state index in [4.69, 9.17) is 4.74 Å². The van der Waals surface area contributed by atoms with Crippen LogP contribution in [0.1, 0.15) is 19.8 Å². The second-order valence-electron chi connectivity index (χ2n) is 5.90. The highest BCUT2D eigenvalue weighted by Crippen LogP contribution is 2.23. The summed E-state index contributed by atoms with van der Waals surface area (Å²) in [5, 5.41) is 0. The number of hydrogen-bond acceptors (Lipinski definition) is 4. The lowest BCUT2D eigenvalue weighted by molar-refractivity contribution is -0.128. The van der Waals surface area contributed by atoms with Crippen LogP contribution in [0.15, 0.2) is 0 Å². The van der Waals surface area contributed by atoms with Gasteiger partial charge in [0.15, 0.2) is 0 Å². The van der Waals surface area contributed by atoms with E-state index in [0.29, 0.717) is 12.1 Å². The lowest BCUT2D eigenvalue weighted by Gasteiger charge is -2.40. The van der Waals surface area contributed by atoms with E-state index >= 15 is 0 Å². The van der Waals surface area contributed by atoms with E-state index < -0.39 is 0 Å². The van der Waals surface area contributed by atoms with Gasteiger partial charge < -0.3 is 14.5 Å². The molecule has 0 aliphatic carbocycles. The van der Waals surface area contributed by atoms with Gasteiger partial charge in [0.25, 0.3) is 0 Å². The van der Waals surface area contributed by atoms with Crippen molar-refractivity contribution < 1.29 is 9.53 Å². The van der Waals surface area contributed by atoms with E-state index in [2.05, 4.69) is 23.9 Å². The predicted molar refractivity (Wildman–Crippen MR) is 75.1 cm³/mol. The highest BCUT2D eigenvalue weighted by molar-refractivity contribution is 5.73. The van der Waals surface area contributed by atoms with Crippen LogP contribution in [0, 0.1) is 0 Å². The van der Waals surface area contributed by atoms with Crippen molar-refractivity contribution in [1.82, 2.24) is 14.7 Å². The topological polar surface area (TPSA) is 36.0 Å². The van der Waals surface area contributed by atoms with Crippen LogP contribution in [-0.4, -0.2) is 86.2 Å². The summed E-state index contributed by atoms with van der Waals surface area (Å²) in [7, 11) is 4.23. The van der Waals surface area contributed by atoms with Gasteiger partial charge in [0.1, 0.15) is 0 Å². The second-order valence-corrected chi connectivity index (χ2v) is 5.90. The Morgan fingerprint density at radius 1 is 1.26 bits per heavy atom. The fraction of sp³-hybridized carbons (Fsp3) is 0.929. The molecule has 2 fully saturated rings. The average Bonchev–Trinajstić information content (AvgIpc) is 2.58. The van der Waals surface area contributed by atoms with E-state index in [-0.39, 0.29) is 5.91 Å². The van der Waals surface area contributed by atoms with Crippen molar-refractivity contribution in [3.8, 4) is 0 Å². The van der Waals surface area contributed by atoms with Gasteiger partial charge in [0.2, 0.25) is 5.91 Å². The Balaban J connectivity index is 1.95. The summed E-state index contributed by atoms with van der Waals surface area (Å²) < 4.78 is 5.93. The summed E-state index contributed by atoms with van der Waals surface area (Å²) in [6.45, 7) is 7.41. The van der Waals surface area contributed by atoms with Crippen LogP contribution < -0.4 is 0 Å². The van der Waals surface area contributed by atoms with E-state index in [1.807, 2.05) is 4.90 Å². The number of rotatable bonds is 3. The fourth-order valence-electron chi connectivity index (χ4n) is 3.08. The third kappa shape index (κ3) is 3.91. The maximum atomic E-state index is 11.5. The maximum absolute atomic E-state index is 11.5. The molecule has 0 N–H and O–H groups in total. The van der Waals surface area contributed by atoms with Gasteiger partial charge in [0.05, 0.1) is 12.7 Å². The molecule has 0 spiro atoms. The highest BCUT2D eigenvalue weighted by Gasteiger charge is 2.34. The molecule has 2 aliphatic heterocycles. The van der Waals surface area contributed by atoms with Gasteiger partial charge in [-0.1, -0.05) is 0 Å².